The van der Waals surface area contributed by atoms with E-state index in [0.29, 0.717) is 12.3 Å². The van der Waals surface area contributed by atoms with Gasteiger partial charge in [0.15, 0.2) is 5.75 Å². The number of ether oxygens (including phenoxy) is 1. The molecule has 2 rings (SSSR count). The molecule has 0 fully saturated rings. The zero-order chi connectivity index (χ0) is 14.7. The molecule has 1 amide bonds. The highest BCUT2D eigenvalue weighted by Crippen LogP contribution is 2.29. The number of amides is 1. The molecule has 1 aromatic carbocycles. The van der Waals surface area contributed by atoms with Crippen LogP contribution in [0, 0.1) is 10.1 Å². The molecule has 0 bridgehead atoms. The molecule has 0 radical (unpaired) electrons. The van der Waals surface area contributed by atoms with Gasteiger partial charge in [0.1, 0.15) is 12.0 Å². The molecule has 0 saturated carbocycles. The fourth-order valence-corrected chi connectivity index (χ4v) is 1.68. The van der Waals surface area contributed by atoms with Crippen LogP contribution in [0.3, 0.4) is 0 Å². The van der Waals surface area contributed by atoms with Gasteiger partial charge >= 0.3 is 5.69 Å². The number of benzene rings is 1. The quantitative estimate of drug-likeness (QED) is 0.652. The van der Waals surface area contributed by atoms with Crippen molar-refractivity contribution in [1.29, 1.82) is 0 Å². The maximum Gasteiger partial charge on any atom is 0.311 e. The Labute approximate surface area is 113 Å². The molecule has 8 nitrogen and oxygen atoms in total. The molecule has 0 unspecified atom stereocenters. The summed E-state index contributed by atoms with van der Waals surface area (Å²) >= 11 is 0. The SMILES string of the molecule is CCOc1cc(-n2cnc(C(N)=O)c2)ccc1[N+](=O)[O-]. The molecule has 8 heteroatoms. The number of carbonyl (C=O) groups excluding carboxylic acids is 1. The monoisotopic (exact) mass is 276 g/mol. The summed E-state index contributed by atoms with van der Waals surface area (Å²) in [5.74, 6) is -0.486. The first-order valence-electron chi connectivity index (χ1n) is 5.78. The van der Waals surface area contributed by atoms with Gasteiger partial charge in [-0.1, -0.05) is 0 Å². The third kappa shape index (κ3) is 2.58. The summed E-state index contributed by atoms with van der Waals surface area (Å²) in [4.78, 5) is 25.2. The van der Waals surface area contributed by atoms with Crippen molar-refractivity contribution in [3.8, 4) is 11.4 Å². The fourth-order valence-electron chi connectivity index (χ4n) is 1.68. The van der Waals surface area contributed by atoms with Crippen molar-refractivity contribution in [2.45, 2.75) is 6.92 Å². The largest absolute Gasteiger partial charge is 0.487 e. The molecule has 0 spiro atoms. The summed E-state index contributed by atoms with van der Waals surface area (Å²) in [5, 5.41) is 10.9. The molecule has 20 heavy (non-hydrogen) atoms. The Morgan fingerprint density at radius 2 is 2.30 bits per heavy atom. The Morgan fingerprint density at radius 1 is 1.55 bits per heavy atom. The molecule has 104 valence electrons. The summed E-state index contributed by atoms with van der Waals surface area (Å²) in [7, 11) is 0. The second-order valence-electron chi connectivity index (χ2n) is 3.87. The van der Waals surface area contributed by atoms with Gasteiger partial charge in [0, 0.05) is 18.3 Å². The van der Waals surface area contributed by atoms with Gasteiger partial charge in [-0.15, -0.1) is 0 Å². The highest BCUT2D eigenvalue weighted by Gasteiger charge is 2.16. The van der Waals surface area contributed by atoms with E-state index < -0.39 is 10.8 Å². The number of aromatic nitrogens is 2. The molecule has 0 aliphatic heterocycles. The van der Waals surface area contributed by atoms with Crippen LogP contribution in [0.2, 0.25) is 0 Å². The van der Waals surface area contributed by atoms with E-state index in [1.54, 1.807) is 6.92 Å². The average molecular weight is 276 g/mol. The van der Waals surface area contributed by atoms with E-state index in [0.717, 1.165) is 0 Å². The van der Waals surface area contributed by atoms with Crippen molar-refractivity contribution in [3.63, 3.8) is 0 Å². The summed E-state index contributed by atoms with van der Waals surface area (Å²) in [5.41, 5.74) is 5.69. The van der Waals surface area contributed by atoms with Crippen LogP contribution in [0.4, 0.5) is 5.69 Å². The van der Waals surface area contributed by atoms with E-state index >= 15 is 0 Å². The third-order valence-corrected chi connectivity index (χ3v) is 2.57. The molecule has 1 heterocycles. The minimum atomic E-state index is -0.643. The maximum absolute atomic E-state index is 11.0. The summed E-state index contributed by atoms with van der Waals surface area (Å²) in [6.07, 6.45) is 2.84. The predicted molar refractivity (Wildman–Crippen MR) is 69.9 cm³/mol. The minimum Gasteiger partial charge on any atom is -0.487 e. The number of nitrogens with zero attached hydrogens (tertiary/aromatic N) is 3. The van der Waals surface area contributed by atoms with Crippen LogP contribution in [-0.4, -0.2) is 27.0 Å². The van der Waals surface area contributed by atoms with E-state index in [2.05, 4.69) is 4.98 Å². The van der Waals surface area contributed by atoms with Crippen molar-refractivity contribution in [2.24, 2.45) is 5.73 Å². The molecule has 0 saturated heterocycles. The van der Waals surface area contributed by atoms with Crippen molar-refractivity contribution < 1.29 is 14.5 Å². The van der Waals surface area contributed by atoms with Crippen LogP contribution in [0.5, 0.6) is 5.75 Å². The topological polar surface area (TPSA) is 113 Å². The van der Waals surface area contributed by atoms with Crippen molar-refractivity contribution >= 4 is 11.6 Å². The number of nitrogens with two attached hydrogens (primary N) is 1. The Balaban J connectivity index is 2.44. The van der Waals surface area contributed by atoms with Gasteiger partial charge < -0.3 is 15.0 Å². The van der Waals surface area contributed by atoms with Crippen LogP contribution < -0.4 is 10.5 Å². The number of hydrogen-bond donors (Lipinski definition) is 1. The smallest absolute Gasteiger partial charge is 0.311 e. The lowest BCUT2D eigenvalue weighted by Crippen LogP contribution is -2.11. The molecule has 2 aromatic rings. The van der Waals surface area contributed by atoms with Crippen LogP contribution in [0.15, 0.2) is 30.7 Å². The van der Waals surface area contributed by atoms with E-state index in [1.165, 1.54) is 35.3 Å². The lowest BCUT2D eigenvalue weighted by Gasteiger charge is -2.07. The standard InChI is InChI=1S/C12H12N4O4/c1-2-20-11-5-8(3-4-10(11)16(18)19)15-6-9(12(13)17)14-7-15/h3-7H,2H2,1H3,(H2,13,17). The molecule has 0 aliphatic carbocycles. The summed E-state index contributed by atoms with van der Waals surface area (Å²) < 4.78 is 6.78. The molecular formula is C12H12N4O4. The Bertz CT molecular complexity index is 665. The van der Waals surface area contributed by atoms with Crippen LogP contribution in [0.25, 0.3) is 5.69 Å². The first-order chi connectivity index (χ1) is 9.52. The number of primary amides is 1. The zero-order valence-electron chi connectivity index (χ0n) is 10.6. The first kappa shape index (κ1) is 13.5. The summed E-state index contributed by atoms with van der Waals surface area (Å²) in [6.45, 7) is 2.04. The van der Waals surface area contributed by atoms with E-state index in [1.807, 2.05) is 0 Å². The van der Waals surface area contributed by atoms with Crippen molar-refractivity contribution in [1.82, 2.24) is 9.55 Å². The van der Waals surface area contributed by atoms with Crippen LogP contribution >= 0.6 is 0 Å². The second kappa shape index (κ2) is 5.39. The third-order valence-electron chi connectivity index (χ3n) is 2.57. The van der Waals surface area contributed by atoms with Gasteiger partial charge in [0.25, 0.3) is 5.91 Å². The number of rotatable bonds is 5. The zero-order valence-corrected chi connectivity index (χ0v) is 10.6. The van der Waals surface area contributed by atoms with Gasteiger partial charge in [-0.2, -0.15) is 0 Å². The molecule has 2 N–H and O–H groups in total. The average Bonchev–Trinajstić information content (AvgIpc) is 2.88. The van der Waals surface area contributed by atoms with Crippen LogP contribution in [0.1, 0.15) is 17.4 Å². The molecule has 0 atom stereocenters. The van der Waals surface area contributed by atoms with E-state index in [4.69, 9.17) is 10.5 Å². The number of imidazole rings is 1. The molecular weight excluding hydrogens is 264 g/mol. The maximum atomic E-state index is 11.0. The lowest BCUT2D eigenvalue weighted by atomic mass is 10.2. The fraction of sp³-hybridized carbons (Fsp3) is 0.167. The highest BCUT2D eigenvalue weighted by molar-refractivity contribution is 5.90. The Hall–Kier alpha value is -2.90. The normalized spacial score (nSPS) is 10.2. The van der Waals surface area contributed by atoms with Gasteiger partial charge in [0.2, 0.25) is 0 Å². The Morgan fingerprint density at radius 3 is 2.85 bits per heavy atom. The lowest BCUT2D eigenvalue weighted by molar-refractivity contribution is -0.385. The van der Waals surface area contributed by atoms with Gasteiger partial charge in [-0.05, 0) is 13.0 Å². The van der Waals surface area contributed by atoms with Gasteiger partial charge in [-0.25, -0.2) is 4.98 Å². The second-order valence-corrected chi connectivity index (χ2v) is 3.87. The van der Waals surface area contributed by atoms with Gasteiger partial charge in [-0.3, -0.25) is 14.9 Å². The van der Waals surface area contributed by atoms with Crippen molar-refractivity contribution in [2.75, 3.05) is 6.61 Å². The van der Waals surface area contributed by atoms with Gasteiger partial charge in [0.05, 0.1) is 17.2 Å². The summed E-state index contributed by atoms with van der Waals surface area (Å²) in [6, 6.07) is 4.38. The van der Waals surface area contributed by atoms with Crippen molar-refractivity contribution in [3.05, 3.63) is 46.5 Å². The van der Waals surface area contributed by atoms with Crippen LogP contribution in [-0.2, 0) is 0 Å². The van der Waals surface area contributed by atoms with E-state index in [-0.39, 0.29) is 17.1 Å². The first-order valence-corrected chi connectivity index (χ1v) is 5.78. The minimum absolute atomic E-state index is 0.112. The number of carbonyl (C=O) groups is 1. The predicted octanol–water partition coefficient (Wildman–Crippen LogP) is 1.28. The molecule has 1 aromatic heterocycles. The number of hydrogen-bond acceptors (Lipinski definition) is 5. The number of nitro benzene ring substituents is 1. The number of nitro groups is 1. The Kier molecular flexibility index (Phi) is 3.65. The molecule has 0 aliphatic rings. The van der Waals surface area contributed by atoms with E-state index in [9.17, 15) is 14.9 Å². The highest BCUT2D eigenvalue weighted by atomic mass is 16.6.